The second-order valence-electron chi connectivity index (χ2n) is 4.96. The van der Waals surface area contributed by atoms with Crippen LogP contribution >= 0.6 is 27.5 Å². The Hall–Kier alpha value is -1.32. The third-order valence-electron chi connectivity index (χ3n) is 3.51. The molecule has 1 aliphatic rings. The van der Waals surface area contributed by atoms with E-state index in [0.29, 0.717) is 16.5 Å². The Morgan fingerprint density at radius 3 is 2.70 bits per heavy atom. The smallest absolute Gasteiger partial charge is 0.253 e. The highest BCUT2D eigenvalue weighted by Crippen LogP contribution is 2.40. The fourth-order valence-electron chi connectivity index (χ4n) is 2.34. The van der Waals surface area contributed by atoms with Crippen LogP contribution in [0.15, 0.2) is 53.0 Å². The van der Waals surface area contributed by atoms with Crippen LogP contribution in [0.4, 0.5) is 0 Å². The van der Waals surface area contributed by atoms with E-state index in [1.54, 1.807) is 12.1 Å². The topological polar surface area (TPSA) is 29.1 Å². The molecule has 0 spiro atoms. The van der Waals surface area contributed by atoms with Gasteiger partial charge in [0.05, 0.1) is 10.6 Å². The van der Waals surface area contributed by atoms with Crippen LogP contribution in [0.2, 0.25) is 5.02 Å². The molecule has 20 heavy (non-hydrogen) atoms. The van der Waals surface area contributed by atoms with E-state index in [0.717, 1.165) is 10.9 Å². The van der Waals surface area contributed by atoms with Gasteiger partial charge in [-0.1, -0.05) is 57.9 Å². The lowest BCUT2D eigenvalue weighted by Gasteiger charge is -2.07. The van der Waals surface area contributed by atoms with Crippen LogP contribution in [0.1, 0.15) is 28.3 Å². The zero-order chi connectivity index (χ0) is 14.1. The van der Waals surface area contributed by atoms with Gasteiger partial charge in [-0.15, -0.1) is 0 Å². The molecule has 3 rings (SSSR count). The van der Waals surface area contributed by atoms with Crippen molar-refractivity contribution in [1.82, 2.24) is 5.32 Å². The Morgan fingerprint density at radius 2 is 1.95 bits per heavy atom. The lowest BCUT2D eigenvalue weighted by atomic mass is 10.1. The van der Waals surface area contributed by atoms with Crippen LogP contribution in [-0.2, 0) is 0 Å². The van der Waals surface area contributed by atoms with Crippen molar-refractivity contribution < 1.29 is 4.79 Å². The molecule has 0 radical (unpaired) electrons. The third kappa shape index (κ3) is 2.89. The summed E-state index contributed by atoms with van der Waals surface area (Å²) in [6, 6.07) is 15.8. The van der Waals surface area contributed by atoms with Gasteiger partial charge >= 0.3 is 0 Å². The first-order chi connectivity index (χ1) is 9.65. The number of halogens is 2. The molecule has 1 saturated carbocycles. The van der Waals surface area contributed by atoms with Crippen molar-refractivity contribution in [1.29, 1.82) is 0 Å². The summed E-state index contributed by atoms with van der Waals surface area (Å²) >= 11 is 9.42. The normalized spacial score (nSPS) is 20.5. The molecule has 2 atom stereocenters. The molecular weight excluding hydrogens is 338 g/mol. The van der Waals surface area contributed by atoms with Crippen molar-refractivity contribution in [2.24, 2.45) is 0 Å². The standard InChI is InChI=1S/C16H13BrClNO/c17-11-6-7-14(18)13(8-11)16(20)19-15-9-12(15)10-4-2-1-3-5-10/h1-8,12,15H,9H2,(H,19,20). The third-order valence-corrected chi connectivity index (χ3v) is 4.33. The quantitative estimate of drug-likeness (QED) is 0.874. The van der Waals surface area contributed by atoms with Crippen molar-refractivity contribution >= 4 is 33.4 Å². The molecule has 1 aliphatic carbocycles. The minimum absolute atomic E-state index is 0.111. The number of carbonyl (C=O) groups excluding carboxylic acids is 1. The Morgan fingerprint density at radius 1 is 1.20 bits per heavy atom. The zero-order valence-electron chi connectivity index (χ0n) is 10.6. The van der Waals surface area contributed by atoms with Gasteiger partial charge in [-0.2, -0.15) is 0 Å². The predicted molar refractivity (Wildman–Crippen MR) is 84.2 cm³/mol. The molecule has 2 aromatic carbocycles. The molecule has 1 N–H and O–H groups in total. The Bertz CT molecular complexity index is 644. The number of amides is 1. The summed E-state index contributed by atoms with van der Waals surface area (Å²) < 4.78 is 0.849. The Labute approximate surface area is 131 Å². The molecule has 1 fully saturated rings. The summed E-state index contributed by atoms with van der Waals surface area (Å²) in [5, 5.41) is 3.52. The van der Waals surface area contributed by atoms with Gasteiger partial charge in [-0.05, 0) is 30.2 Å². The number of rotatable bonds is 3. The van der Waals surface area contributed by atoms with Crippen molar-refractivity contribution in [3.63, 3.8) is 0 Å². The molecule has 4 heteroatoms. The largest absolute Gasteiger partial charge is 0.349 e. The van der Waals surface area contributed by atoms with Gasteiger partial charge in [0.15, 0.2) is 0 Å². The monoisotopic (exact) mass is 349 g/mol. The van der Waals surface area contributed by atoms with Gasteiger partial charge in [-0.3, -0.25) is 4.79 Å². The molecule has 0 saturated heterocycles. The fourth-order valence-corrected chi connectivity index (χ4v) is 2.91. The average molecular weight is 351 g/mol. The lowest BCUT2D eigenvalue weighted by molar-refractivity contribution is 0.0950. The summed E-state index contributed by atoms with van der Waals surface area (Å²) in [7, 11) is 0. The van der Waals surface area contributed by atoms with Gasteiger partial charge in [0.25, 0.3) is 5.91 Å². The molecule has 0 aliphatic heterocycles. The Kier molecular flexibility index (Phi) is 3.81. The molecule has 0 aromatic heterocycles. The second-order valence-corrected chi connectivity index (χ2v) is 6.28. The van der Waals surface area contributed by atoms with Crippen LogP contribution in [0.3, 0.4) is 0 Å². The molecule has 0 bridgehead atoms. The van der Waals surface area contributed by atoms with Crippen molar-refractivity contribution in [2.75, 3.05) is 0 Å². The van der Waals surface area contributed by atoms with E-state index in [1.807, 2.05) is 24.3 Å². The second kappa shape index (κ2) is 5.58. The highest BCUT2D eigenvalue weighted by molar-refractivity contribution is 9.10. The molecule has 2 nitrogen and oxygen atoms in total. The van der Waals surface area contributed by atoms with Gasteiger partial charge in [0.2, 0.25) is 0 Å². The Balaban J connectivity index is 1.68. The highest BCUT2D eigenvalue weighted by atomic mass is 79.9. The van der Waals surface area contributed by atoms with Crippen molar-refractivity contribution in [2.45, 2.75) is 18.4 Å². The number of hydrogen-bond donors (Lipinski definition) is 1. The lowest BCUT2D eigenvalue weighted by Crippen LogP contribution is -2.26. The first-order valence-corrected chi connectivity index (χ1v) is 7.63. The van der Waals surface area contributed by atoms with Gasteiger partial charge in [-0.25, -0.2) is 0 Å². The van der Waals surface area contributed by atoms with E-state index in [2.05, 4.69) is 33.4 Å². The van der Waals surface area contributed by atoms with E-state index < -0.39 is 0 Å². The van der Waals surface area contributed by atoms with Crippen LogP contribution in [0.25, 0.3) is 0 Å². The highest BCUT2D eigenvalue weighted by Gasteiger charge is 2.39. The van der Waals surface area contributed by atoms with E-state index in [-0.39, 0.29) is 11.9 Å². The molecule has 2 unspecified atom stereocenters. The SMILES string of the molecule is O=C(NC1CC1c1ccccc1)c1cc(Br)ccc1Cl. The minimum Gasteiger partial charge on any atom is -0.349 e. The van der Waals surface area contributed by atoms with Crippen molar-refractivity contribution in [3.8, 4) is 0 Å². The maximum atomic E-state index is 12.2. The minimum atomic E-state index is -0.111. The van der Waals surface area contributed by atoms with E-state index >= 15 is 0 Å². The van der Waals surface area contributed by atoms with E-state index in [4.69, 9.17) is 11.6 Å². The summed E-state index contributed by atoms with van der Waals surface area (Å²) in [4.78, 5) is 12.2. The zero-order valence-corrected chi connectivity index (χ0v) is 13.0. The number of benzene rings is 2. The van der Waals surface area contributed by atoms with Gasteiger partial charge in [0.1, 0.15) is 0 Å². The first-order valence-electron chi connectivity index (χ1n) is 6.46. The predicted octanol–water partition coefficient (Wildman–Crippen LogP) is 4.39. The maximum absolute atomic E-state index is 12.2. The van der Waals surface area contributed by atoms with Crippen LogP contribution < -0.4 is 5.32 Å². The number of nitrogens with one attached hydrogen (secondary N) is 1. The van der Waals surface area contributed by atoms with Crippen LogP contribution in [-0.4, -0.2) is 11.9 Å². The van der Waals surface area contributed by atoms with Gasteiger partial charge in [0, 0.05) is 16.4 Å². The summed E-state index contributed by atoms with van der Waals surface area (Å²) in [5.41, 5.74) is 1.79. The molecular formula is C16H13BrClNO. The number of hydrogen-bond acceptors (Lipinski definition) is 1. The van der Waals surface area contributed by atoms with Crippen molar-refractivity contribution in [3.05, 3.63) is 69.2 Å². The fraction of sp³-hybridized carbons (Fsp3) is 0.188. The summed E-state index contributed by atoms with van der Waals surface area (Å²) in [6.07, 6.45) is 0.987. The maximum Gasteiger partial charge on any atom is 0.253 e. The van der Waals surface area contributed by atoms with Crippen LogP contribution in [0.5, 0.6) is 0 Å². The molecule has 102 valence electrons. The first kappa shape index (κ1) is 13.7. The molecule has 0 heterocycles. The van der Waals surface area contributed by atoms with Crippen LogP contribution in [0, 0.1) is 0 Å². The molecule has 2 aromatic rings. The molecule has 1 amide bonds. The van der Waals surface area contributed by atoms with Gasteiger partial charge < -0.3 is 5.32 Å². The summed E-state index contributed by atoms with van der Waals surface area (Å²) in [5.74, 6) is 0.311. The summed E-state index contributed by atoms with van der Waals surface area (Å²) in [6.45, 7) is 0. The van der Waals surface area contributed by atoms with E-state index in [9.17, 15) is 4.79 Å². The number of carbonyl (C=O) groups is 1. The van der Waals surface area contributed by atoms with E-state index in [1.165, 1.54) is 5.56 Å². The average Bonchev–Trinajstić information content (AvgIpc) is 3.21.